The van der Waals surface area contributed by atoms with Gasteiger partial charge in [0.1, 0.15) is 6.04 Å². The lowest BCUT2D eigenvalue weighted by molar-refractivity contribution is -0.142. The Hall–Kier alpha value is -2.21. The van der Waals surface area contributed by atoms with Crippen molar-refractivity contribution in [1.29, 1.82) is 0 Å². The first-order chi connectivity index (χ1) is 10.5. The Morgan fingerprint density at radius 2 is 2.14 bits per heavy atom. The first kappa shape index (κ1) is 16.2. The number of benzene rings is 1. The third-order valence-electron chi connectivity index (χ3n) is 3.07. The van der Waals surface area contributed by atoms with E-state index in [2.05, 4.69) is 37.5 Å². The molecule has 0 fully saturated rings. The molecule has 0 saturated carbocycles. The van der Waals surface area contributed by atoms with Gasteiger partial charge >= 0.3 is 5.97 Å². The SMILES string of the molecule is C=C(Br)C[C@@H](NC(=O)c1cnc2ccccc2c1)C(=O)OC. The van der Waals surface area contributed by atoms with Gasteiger partial charge in [0, 0.05) is 18.0 Å². The first-order valence-electron chi connectivity index (χ1n) is 6.58. The van der Waals surface area contributed by atoms with Crippen molar-refractivity contribution in [3.05, 3.63) is 53.2 Å². The summed E-state index contributed by atoms with van der Waals surface area (Å²) in [5.41, 5.74) is 1.19. The quantitative estimate of drug-likeness (QED) is 0.830. The largest absolute Gasteiger partial charge is 0.467 e. The number of nitrogens with zero attached hydrogens (tertiary/aromatic N) is 1. The van der Waals surface area contributed by atoms with E-state index in [9.17, 15) is 9.59 Å². The molecule has 114 valence electrons. The maximum atomic E-state index is 12.3. The Bertz CT molecular complexity index is 730. The van der Waals surface area contributed by atoms with Crippen LogP contribution in [0.3, 0.4) is 0 Å². The number of rotatable bonds is 5. The highest BCUT2D eigenvalue weighted by molar-refractivity contribution is 9.11. The van der Waals surface area contributed by atoms with Crippen LogP contribution in [0.1, 0.15) is 16.8 Å². The lowest BCUT2D eigenvalue weighted by Crippen LogP contribution is -2.41. The van der Waals surface area contributed by atoms with Crippen LogP contribution in [0.4, 0.5) is 0 Å². The Balaban J connectivity index is 2.20. The van der Waals surface area contributed by atoms with Gasteiger partial charge in [-0.2, -0.15) is 0 Å². The summed E-state index contributed by atoms with van der Waals surface area (Å²) in [6.07, 6.45) is 1.73. The number of amides is 1. The van der Waals surface area contributed by atoms with Gasteiger partial charge in [0.15, 0.2) is 0 Å². The van der Waals surface area contributed by atoms with Crippen molar-refractivity contribution >= 4 is 38.7 Å². The average Bonchev–Trinajstić information content (AvgIpc) is 2.52. The van der Waals surface area contributed by atoms with Crippen LogP contribution < -0.4 is 5.32 Å². The van der Waals surface area contributed by atoms with E-state index in [4.69, 9.17) is 0 Å². The minimum absolute atomic E-state index is 0.249. The monoisotopic (exact) mass is 362 g/mol. The fraction of sp³-hybridized carbons (Fsp3) is 0.188. The molecule has 0 spiro atoms. The van der Waals surface area contributed by atoms with Crippen molar-refractivity contribution in [3.63, 3.8) is 0 Å². The van der Waals surface area contributed by atoms with E-state index in [-0.39, 0.29) is 12.3 Å². The molecule has 0 aliphatic heterocycles. The van der Waals surface area contributed by atoms with Crippen LogP contribution in [0.15, 0.2) is 47.6 Å². The number of nitrogens with one attached hydrogen (secondary N) is 1. The van der Waals surface area contributed by atoms with Crippen LogP contribution in [0.2, 0.25) is 0 Å². The smallest absolute Gasteiger partial charge is 0.328 e. The number of hydrogen-bond acceptors (Lipinski definition) is 4. The number of halogens is 1. The molecule has 0 saturated heterocycles. The number of pyridine rings is 1. The lowest BCUT2D eigenvalue weighted by Gasteiger charge is -2.16. The first-order valence-corrected chi connectivity index (χ1v) is 7.37. The number of para-hydroxylation sites is 1. The Labute approximate surface area is 136 Å². The second-order valence-electron chi connectivity index (χ2n) is 4.69. The van der Waals surface area contributed by atoms with Crippen molar-refractivity contribution in [1.82, 2.24) is 10.3 Å². The van der Waals surface area contributed by atoms with Crippen LogP contribution in [0.25, 0.3) is 10.9 Å². The molecule has 5 nitrogen and oxygen atoms in total. The van der Waals surface area contributed by atoms with Crippen LogP contribution >= 0.6 is 15.9 Å². The van der Waals surface area contributed by atoms with Gasteiger partial charge in [0.2, 0.25) is 0 Å². The van der Waals surface area contributed by atoms with Gasteiger partial charge in [0.05, 0.1) is 18.2 Å². The van der Waals surface area contributed by atoms with E-state index in [0.29, 0.717) is 10.0 Å². The summed E-state index contributed by atoms with van der Waals surface area (Å²) in [5, 5.41) is 3.49. The van der Waals surface area contributed by atoms with E-state index >= 15 is 0 Å². The molecular formula is C16H15BrN2O3. The highest BCUT2D eigenvalue weighted by Crippen LogP contribution is 2.14. The Kier molecular flexibility index (Phi) is 5.27. The number of ether oxygens (including phenoxy) is 1. The molecule has 1 heterocycles. The van der Waals surface area contributed by atoms with Gasteiger partial charge in [-0.3, -0.25) is 9.78 Å². The number of carbonyl (C=O) groups is 2. The predicted octanol–water partition coefficient (Wildman–Crippen LogP) is 2.80. The summed E-state index contributed by atoms with van der Waals surface area (Å²) >= 11 is 3.19. The highest BCUT2D eigenvalue weighted by atomic mass is 79.9. The molecule has 6 heteroatoms. The molecule has 1 amide bonds. The number of carbonyl (C=O) groups excluding carboxylic acids is 2. The Morgan fingerprint density at radius 1 is 1.41 bits per heavy atom. The molecule has 0 aliphatic carbocycles. The fourth-order valence-corrected chi connectivity index (χ4v) is 2.32. The maximum absolute atomic E-state index is 12.3. The second-order valence-corrected chi connectivity index (χ2v) is 5.81. The molecule has 2 rings (SSSR count). The number of methoxy groups -OCH3 is 1. The van der Waals surface area contributed by atoms with E-state index in [1.165, 1.54) is 13.3 Å². The number of fused-ring (bicyclic) bond motifs is 1. The predicted molar refractivity (Wildman–Crippen MR) is 87.7 cm³/mol. The topological polar surface area (TPSA) is 68.3 Å². The molecule has 0 bridgehead atoms. The number of hydrogen-bond donors (Lipinski definition) is 1. The van der Waals surface area contributed by atoms with E-state index in [1.54, 1.807) is 6.07 Å². The Morgan fingerprint density at radius 3 is 2.82 bits per heavy atom. The summed E-state index contributed by atoms with van der Waals surface area (Å²) in [6.45, 7) is 3.68. The zero-order chi connectivity index (χ0) is 16.1. The van der Waals surface area contributed by atoms with Crippen molar-refractivity contribution in [2.75, 3.05) is 7.11 Å². The molecular weight excluding hydrogens is 348 g/mol. The lowest BCUT2D eigenvalue weighted by atomic mass is 10.1. The minimum Gasteiger partial charge on any atom is -0.467 e. The van der Waals surface area contributed by atoms with E-state index < -0.39 is 12.0 Å². The van der Waals surface area contributed by atoms with E-state index in [1.807, 2.05) is 24.3 Å². The normalized spacial score (nSPS) is 11.7. The van der Waals surface area contributed by atoms with Crippen LogP contribution in [-0.4, -0.2) is 30.0 Å². The molecule has 1 N–H and O–H groups in total. The zero-order valence-corrected chi connectivity index (χ0v) is 13.6. The third kappa shape index (κ3) is 3.92. The van der Waals surface area contributed by atoms with Crippen LogP contribution in [-0.2, 0) is 9.53 Å². The number of esters is 1. The van der Waals surface area contributed by atoms with Crippen molar-refractivity contribution < 1.29 is 14.3 Å². The summed E-state index contributed by atoms with van der Waals surface area (Å²) in [5.74, 6) is -0.912. The fourth-order valence-electron chi connectivity index (χ4n) is 1.99. The van der Waals surface area contributed by atoms with Gasteiger partial charge in [-0.15, -0.1) is 0 Å². The van der Waals surface area contributed by atoms with Crippen molar-refractivity contribution in [2.45, 2.75) is 12.5 Å². The summed E-state index contributed by atoms with van der Waals surface area (Å²) in [7, 11) is 1.27. The molecule has 2 aromatic rings. The average molecular weight is 363 g/mol. The molecule has 0 unspecified atom stereocenters. The van der Waals surface area contributed by atoms with Gasteiger partial charge in [-0.05, 0) is 16.6 Å². The van der Waals surface area contributed by atoms with Crippen LogP contribution in [0, 0.1) is 0 Å². The van der Waals surface area contributed by atoms with E-state index in [0.717, 1.165) is 10.9 Å². The van der Waals surface area contributed by atoms with Gasteiger partial charge in [0.25, 0.3) is 5.91 Å². The summed E-state index contributed by atoms with van der Waals surface area (Å²) in [4.78, 5) is 28.2. The van der Waals surface area contributed by atoms with Crippen LogP contribution in [0.5, 0.6) is 0 Å². The summed E-state index contributed by atoms with van der Waals surface area (Å²) < 4.78 is 5.29. The molecule has 0 radical (unpaired) electrons. The highest BCUT2D eigenvalue weighted by Gasteiger charge is 2.22. The molecule has 22 heavy (non-hydrogen) atoms. The maximum Gasteiger partial charge on any atom is 0.328 e. The van der Waals surface area contributed by atoms with Gasteiger partial charge < -0.3 is 10.1 Å². The minimum atomic E-state index is -0.796. The second kappa shape index (κ2) is 7.17. The van der Waals surface area contributed by atoms with Crippen molar-refractivity contribution in [3.8, 4) is 0 Å². The molecule has 1 atom stereocenters. The van der Waals surface area contributed by atoms with Crippen molar-refractivity contribution in [2.24, 2.45) is 0 Å². The molecule has 1 aromatic carbocycles. The third-order valence-corrected chi connectivity index (χ3v) is 3.39. The zero-order valence-electron chi connectivity index (χ0n) is 12.0. The molecule has 1 aromatic heterocycles. The summed E-state index contributed by atoms with van der Waals surface area (Å²) in [6, 6.07) is 8.42. The van der Waals surface area contributed by atoms with Gasteiger partial charge in [-0.25, -0.2) is 4.79 Å². The molecule has 0 aliphatic rings. The standard InChI is InChI=1S/C16H15BrN2O3/c1-10(17)7-14(16(21)22-2)19-15(20)12-8-11-5-3-4-6-13(11)18-9-12/h3-6,8-9,14H,1,7H2,2H3,(H,19,20)/t14-/m1/s1. The van der Waals surface area contributed by atoms with Gasteiger partial charge in [-0.1, -0.05) is 40.7 Å². The number of aromatic nitrogens is 1.